The lowest BCUT2D eigenvalue weighted by atomic mass is 9.86. The second kappa shape index (κ2) is 8.52. The average molecular weight is 448 g/mol. The van der Waals surface area contributed by atoms with Gasteiger partial charge in [0.1, 0.15) is 11.2 Å². The van der Waals surface area contributed by atoms with Crippen molar-refractivity contribution in [3.05, 3.63) is 80.9 Å². The van der Waals surface area contributed by atoms with Gasteiger partial charge in [0.05, 0.1) is 24.4 Å². The zero-order valence-corrected chi connectivity index (χ0v) is 19.6. The first kappa shape index (κ1) is 22.8. The average Bonchev–Trinajstić information content (AvgIpc) is 3.21. The molecule has 6 nitrogen and oxygen atoms in total. The van der Waals surface area contributed by atoms with Gasteiger partial charge >= 0.3 is 5.63 Å². The van der Waals surface area contributed by atoms with Crippen LogP contribution in [0.3, 0.4) is 0 Å². The highest BCUT2D eigenvalue weighted by Gasteiger charge is 2.24. The molecule has 172 valence electrons. The van der Waals surface area contributed by atoms with Gasteiger partial charge in [0.25, 0.3) is 0 Å². The smallest absolute Gasteiger partial charge is 0.340 e. The first-order chi connectivity index (χ1) is 15.6. The summed E-state index contributed by atoms with van der Waals surface area (Å²) in [5.41, 5.74) is 4.11. The van der Waals surface area contributed by atoms with Gasteiger partial charge in [-0.25, -0.2) is 4.79 Å². The van der Waals surface area contributed by atoms with Crippen LogP contribution in [0.4, 0.5) is 0 Å². The molecule has 0 spiro atoms. The van der Waals surface area contributed by atoms with E-state index in [9.17, 15) is 14.7 Å². The maximum atomic E-state index is 12.8. The minimum atomic E-state index is -0.822. The molecule has 1 atom stereocenters. The Morgan fingerprint density at radius 2 is 1.76 bits per heavy atom. The van der Waals surface area contributed by atoms with Crippen molar-refractivity contribution in [1.29, 1.82) is 0 Å². The van der Waals surface area contributed by atoms with E-state index in [1.165, 1.54) is 0 Å². The molecule has 0 bridgehead atoms. The normalized spacial score (nSPS) is 12.9. The Morgan fingerprint density at radius 1 is 1.06 bits per heavy atom. The van der Waals surface area contributed by atoms with Gasteiger partial charge < -0.3 is 19.3 Å². The van der Waals surface area contributed by atoms with Gasteiger partial charge in [-0.05, 0) is 36.5 Å². The number of aliphatic hydroxyl groups is 1. The number of fused-ring (bicyclic) bond motifs is 2. The van der Waals surface area contributed by atoms with Gasteiger partial charge in [-0.2, -0.15) is 0 Å². The quantitative estimate of drug-likeness (QED) is 0.427. The lowest BCUT2D eigenvalue weighted by Crippen LogP contribution is -2.31. The number of furan rings is 1. The second-order valence-corrected chi connectivity index (χ2v) is 9.55. The Morgan fingerprint density at radius 3 is 2.42 bits per heavy atom. The van der Waals surface area contributed by atoms with Gasteiger partial charge in [0.15, 0.2) is 0 Å². The zero-order valence-electron chi connectivity index (χ0n) is 19.6. The number of amides is 1. The maximum Gasteiger partial charge on any atom is 0.340 e. The van der Waals surface area contributed by atoms with Gasteiger partial charge in [0, 0.05) is 28.4 Å². The van der Waals surface area contributed by atoms with Crippen molar-refractivity contribution >= 4 is 27.8 Å². The van der Waals surface area contributed by atoms with E-state index in [2.05, 4.69) is 26.1 Å². The maximum absolute atomic E-state index is 12.8. The highest BCUT2D eigenvalue weighted by molar-refractivity contribution is 6.00. The Hall–Kier alpha value is -3.38. The minimum absolute atomic E-state index is 0.0600. The summed E-state index contributed by atoms with van der Waals surface area (Å²) in [6.07, 6.45) is 0.813. The molecule has 0 aliphatic heterocycles. The van der Waals surface area contributed by atoms with E-state index < -0.39 is 11.7 Å². The number of aryl methyl sites for hydroxylation is 2. The molecule has 0 fully saturated rings. The SMILES string of the molecule is Cc1c(CC(=O)NC[C@H](O)c2ccccc2)c(=O)oc2c(C)c3occ(C(C)(C)C)c3cc12. The number of nitrogens with one attached hydrogen (secondary N) is 1. The van der Waals surface area contributed by atoms with E-state index in [1.807, 2.05) is 38.1 Å². The highest BCUT2D eigenvalue weighted by Crippen LogP contribution is 2.37. The summed E-state index contributed by atoms with van der Waals surface area (Å²) >= 11 is 0. The Bertz CT molecular complexity index is 1390. The third-order valence-electron chi connectivity index (χ3n) is 6.16. The topological polar surface area (TPSA) is 92.7 Å². The van der Waals surface area contributed by atoms with Crippen LogP contribution >= 0.6 is 0 Å². The third-order valence-corrected chi connectivity index (χ3v) is 6.16. The number of carbonyl (C=O) groups is 1. The van der Waals surface area contributed by atoms with Crippen LogP contribution in [0.15, 0.2) is 56.3 Å². The summed E-state index contributed by atoms with van der Waals surface area (Å²) in [6, 6.07) is 11.1. The first-order valence-electron chi connectivity index (χ1n) is 11.0. The van der Waals surface area contributed by atoms with Crippen LogP contribution in [0.25, 0.3) is 21.9 Å². The lowest BCUT2D eigenvalue weighted by Gasteiger charge is -2.17. The number of hydrogen-bond acceptors (Lipinski definition) is 5. The van der Waals surface area contributed by atoms with Crippen LogP contribution < -0.4 is 10.9 Å². The molecule has 2 N–H and O–H groups in total. The predicted molar refractivity (Wildman–Crippen MR) is 129 cm³/mol. The van der Waals surface area contributed by atoms with Crippen molar-refractivity contribution in [2.75, 3.05) is 6.54 Å². The molecular formula is C27H29NO5. The number of benzene rings is 2. The fraction of sp³-hybridized carbons (Fsp3) is 0.333. The molecule has 4 aromatic rings. The van der Waals surface area contributed by atoms with E-state index in [1.54, 1.807) is 18.4 Å². The molecule has 0 saturated carbocycles. The number of rotatable bonds is 5. The molecule has 2 aromatic heterocycles. The predicted octanol–water partition coefficient (Wildman–Crippen LogP) is 4.85. The van der Waals surface area contributed by atoms with Gasteiger partial charge in [-0.1, -0.05) is 51.1 Å². The summed E-state index contributed by atoms with van der Waals surface area (Å²) < 4.78 is 11.5. The Labute approximate surface area is 192 Å². The van der Waals surface area contributed by atoms with Crippen molar-refractivity contribution in [1.82, 2.24) is 5.32 Å². The molecule has 0 unspecified atom stereocenters. The van der Waals surface area contributed by atoms with Crippen molar-refractivity contribution < 1.29 is 18.7 Å². The zero-order chi connectivity index (χ0) is 23.9. The van der Waals surface area contributed by atoms with Crippen molar-refractivity contribution in [3.8, 4) is 0 Å². The summed E-state index contributed by atoms with van der Waals surface area (Å²) in [5, 5.41) is 14.8. The van der Waals surface area contributed by atoms with E-state index >= 15 is 0 Å². The monoisotopic (exact) mass is 447 g/mol. The van der Waals surface area contributed by atoms with Crippen LogP contribution in [0.2, 0.25) is 0 Å². The molecule has 33 heavy (non-hydrogen) atoms. The van der Waals surface area contributed by atoms with Crippen LogP contribution in [0.1, 0.15) is 54.7 Å². The third kappa shape index (κ3) is 4.31. The second-order valence-electron chi connectivity index (χ2n) is 9.55. The molecule has 2 aromatic carbocycles. The summed E-state index contributed by atoms with van der Waals surface area (Å²) in [5.74, 6) is -0.351. The number of carbonyl (C=O) groups excluding carboxylic acids is 1. The molecular weight excluding hydrogens is 418 g/mol. The Balaban J connectivity index is 1.66. The summed E-state index contributed by atoms with van der Waals surface area (Å²) in [6.45, 7) is 10.1. The molecule has 0 aliphatic carbocycles. The fourth-order valence-corrected chi connectivity index (χ4v) is 4.21. The van der Waals surface area contributed by atoms with Gasteiger partial charge in [-0.3, -0.25) is 4.79 Å². The van der Waals surface area contributed by atoms with Crippen molar-refractivity contribution in [3.63, 3.8) is 0 Å². The molecule has 0 radical (unpaired) electrons. The molecule has 0 aliphatic rings. The fourth-order valence-electron chi connectivity index (χ4n) is 4.21. The Kier molecular flexibility index (Phi) is 5.89. The molecule has 1 amide bonds. The van der Waals surface area contributed by atoms with Crippen LogP contribution in [0, 0.1) is 13.8 Å². The lowest BCUT2D eigenvalue weighted by molar-refractivity contribution is -0.120. The largest absolute Gasteiger partial charge is 0.464 e. The van der Waals surface area contributed by atoms with E-state index in [4.69, 9.17) is 8.83 Å². The van der Waals surface area contributed by atoms with Crippen molar-refractivity contribution in [2.45, 2.75) is 52.6 Å². The van der Waals surface area contributed by atoms with E-state index in [-0.39, 0.29) is 24.3 Å². The summed E-state index contributed by atoms with van der Waals surface area (Å²) in [4.78, 5) is 25.4. The molecule has 6 heteroatoms. The number of hydrogen-bond donors (Lipinski definition) is 2. The van der Waals surface area contributed by atoms with Gasteiger partial charge in [0.2, 0.25) is 5.91 Å². The standard InChI is InChI=1S/C27H29NO5/c1-15-18-11-20-21(27(3,4)5)14-32-24(20)16(2)25(18)33-26(31)19(15)12-23(30)28-13-22(29)17-9-7-6-8-10-17/h6-11,14,22,29H,12-13H2,1-5H3,(H,28,30)/t22-/m0/s1. The minimum Gasteiger partial charge on any atom is -0.464 e. The first-order valence-corrected chi connectivity index (χ1v) is 11.0. The van der Waals surface area contributed by atoms with Crippen LogP contribution in [-0.2, 0) is 16.6 Å². The van der Waals surface area contributed by atoms with Crippen molar-refractivity contribution in [2.24, 2.45) is 0 Å². The molecule has 2 heterocycles. The van der Waals surface area contributed by atoms with E-state index in [0.717, 1.165) is 21.9 Å². The molecule has 4 rings (SSSR count). The highest BCUT2D eigenvalue weighted by atomic mass is 16.4. The number of aliphatic hydroxyl groups excluding tert-OH is 1. The van der Waals surface area contributed by atoms with Crippen LogP contribution in [0.5, 0.6) is 0 Å². The van der Waals surface area contributed by atoms with E-state index in [0.29, 0.717) is 27.9 Å². The van der Waals surface area contributed by atoms with Gasteiger partial charge in [-0.15, -0.1) is 0 Å². The molecule has 0 saturated heterocycles. The summed E-state index contributed by atoms with van der Waals surface area (Å²) in [7, 11) is 0. The van der Waals surface area contributed by atoms with Crippen LogP contribution in [-0.4, -0.2) is 17.6 Å².